The minimum absolute atomic E-state index is 0.580. The van der Waals surface area contributed by atoms with Gasteiger partial charge in [-0.25, -0.2) is 4.98 Å². The van der Waals surface area contributed by atoms with Crippen LogP contribution in [-0.2, 0) is 6.54 Å². The summed E-state index contributed by atoms with van der Waals surface area (Å²) in [6, 6.07) is 17.1. The van der Waals surface area contributed by atoms with Crippen LogP contribution in [0.15, 0.2) is 59.2 Å². The number of nitrogens with one attached hydrogen (secondary N) is 1. The van der Waals surface area contributed by atoms with Crippen LogP contribution in [0.5, 0.6) is 0 Å². The summed E-state index contributed by atoms with van der Waals surface area (Å²) in [6.45, 7) is 0.727. The van der Waals surface area contributed by atoms with Crippen molar-refractivity contribution in [2.75, 3.05) is 5.32 Å². The zero-order chi connectivity index (χ0) is 15.8. The fourth-order valence-corrected chi connectivity index (χ4v) is 4.23. The molecule has 1 aromatic heterocycles. The van der Waals surface area contributed by atoms with Gasteiger partial charge in [0.05, 0.1) is 6.54 Å². The van der Waals surface area contributed by atoms with Crippen LogP contribution in [0, 0.1) is 0 Å². The molecule has 0 aliphatic rings. The minimum Gasteiger partial charge on any atom is -0.380 e. The van der Waals surface area contributed by atoms with Gasteiger partial charge in [-0.2, -0.15) is 0 Å². The van der Waals surface area contributed by atoms with Gasteiger partial charge < -0.3 is 5.32 Å². The van der Waals surface area contributed by atoms with Crippen molar-refractivity contribution in [2.24, 2.45) is 0 Å². The van der Waals surface area contributed by atoms with Crippen molar-refractivity contribution in [3.63, 3.8) is 0 Å². The Balaban J connectivity index is 1.74. The van der Waals surface area contributed by atoms with Crippen molar-refractivity contribution in [2.45, 2.75) is 6.54 Å². The highest BCUT2D eigenvalue weighted by atomic mass is 79.9. The van der Waals surface area contributed by atoms with E-state index in [0.29, 0.717) is 4.47 Å². The third-order valence-corrected chi connectivity index (χ3v) is 5.57. The van der Waals surface area contributed by atoms with Crippen LogP contribution in [0.1, 0.15) is 4.88 Å². The number of anilines is 1. The van der Waals surface area contributed by atoms with E-state index in [1.165, 1.54) is 32.9 Å². The number of thiazole rings is 1. The summed E-state index contributed by atoms with van der Waals surface area (Å²) in [4.78, 5) is 5.19. The van der Waals surface area contributed by atoms with Gasteiger partial charge in [0.1, 0.15) is 0 Å². The molecule has 0 amide bonds. The molecular formula is C18H12BrClN2S. The fourth-order valence-electron chi connectivity index (χ4n) is 2.72. The van der Waals surface area contributed by atoms with Gasteiger partial charge in [-0.05, 0) is 39.7 Å². The predicted molar refractivity (Wildman–Crippen MR) is 104 cm³/mol. The molecule has 4 aromatic rings. The second kappa shape index (κ2) is 6.11. The Hall–Kier alpha value is -1.62. The van der Waals surface area contributed by atoms with Gasteiger partial charge in [0.15, 0.2) is 4.47 Å². The van der Waals surface area contributed by atoms with E-state index in [4.69, 9.17) is 11.6 Å². The number of halogens is 2. The lowest BCUT2D eigenvalue weighted by Gasteiger charge is -2.10. The van der Waals surface area contributed by atoms with Crippen LogP contribution in [0.2, 0.25) is 4.47 Å². The van der Waals surface area contributed by atoms with Crippen molar-refractivity contribution in [3.8, 4) is 0 Å². The van der Waals surface area contributed by atoms with Crippen LogP contribution >= 0.6 is 38.9 Å². The first-order valence-corrected chi connectivity index (χ1v) is 9.14. The standard InChI is InChI=1S/C18H12BrClN2S/c19-17-7-11-5-6-12(21-9-13-10-22-18(20)23-13)8-16(11)14-3-1-2-4-15(14)17/h1-8,10,21H,9H2. The van der Waals surface area contributed by atoms with Gasteiger partial charge in [0.2, 0.25) is 0 Å². The van der Waals surface area contributed by atoms with E-state index in [1.807, 2.05) is 6.20 Å². The largest absolute Gasteiger partial charge is 0.380 e. The van der Waals surface area contributed by atoms with Crippen molar-refractivity contribution in [3.05, 3.63) is 68.5 Å². The summed E-state index contributed by atoms with van der Waals surface area (Å²) in [6.07, 6.45) is 1.81. The molecule has 1 N–H and O–H groups in total. The van der Waals surface area contributed by atoms with Gasteiger partial charge in [-0.3, -0.25) is 0 Å². The second-order valence-electron chi connectivity index (χ2n) is 5.27. The molecule has 0 bridgehead atoms. The van der Waals surface area contributed by atoms with E-state index < -0.39 is 0 Å². The van der Waals surface area contributed by atoms with E-state index in [2.05, 4.69) is 74.8 Å². The molecule has 0 unspecified atom stereocenters. The summed E-state index contributed by atoms with van der Waals surface area (Å²) in [5, 5.41) is 8.40. The molecule has 1 heterocycles. The number of hydrogen-bond donors (Lipinski definition) is 1. The third-order valence-electron chi connectivity index (χ3n) is 3.80. The summed E-state index contributed by atoms with van der Waals surface area (Å²) < 4.78 is 1.71. The zero-order valence-electron chi connectivity index (χ0n) is 12.0. The molecule has 0 spiro atoms. The molecule has 0 saturated heterocycles. The Morgan fingerprint density at radius 3 is 2.65 bits per heavy atom. The van der Waals surface area contributed by atoms with Crippen LogP contribution in [0.25, 0.3) is 21.5 Å². The van der Waals surface area contributed by atoms with Crippen LogP contribution in [0.3, 0.4) is 0 Å². The maximum atomic E-state index is 5.88. The normalized spacial score (nSPS) is 11.2. The third kappa shape index (κ3) is 2.94. The molecule has 0 fully saturated rings. The molecule has 0 aliphatic heterocycles. The number of rotatable bonds is 3. The molecule has 23 heavy (non-hydrogen) atoms. The topological polar surface area (TPSA) is 24.9 Å². The van der Waals surface area contributed by atoms with Gasteiger partial charge >= 0.3 is 0 Å². The van der Waals surface area contributed by atoms with E-state index in [1.54, 1.807) is 0 Å². The summed E-state index contributed by atoms with van der Waals surface area (Å²) >= 11 is 11.0. The van der Waals surface area contributed by atoms with Crippen molar-refractivity contribution >= 4 is 66.1 Å². The van der Waals surface area contributed by atoms with Crippen molar-refractivity contribution in [1.29, 1.82) is 0 Å². The number of aromatic nitrogens is 1. The summed E-state index contributed by atoms with van der Waals surface area (Å²) in [5.41, 5.74) is 1.09. The smallest absolute Gasteiger partial charge is 0.183 e. The van der Waals surface area contributed by atoms with Gasteiger partial charge in [0, 0.05) is 21.2 Å². The molecule has 114 valence electrons. The van der Waals surface area contributed by atoms with Gasteiger partial charge in [-0.1, -0.05) is 57.9 Å². The Morgan fingerprint density at radius 2 is 1.87 bits per heavy atom. The van der Waals surface area contributed by atoms with E-state index in [-0.39, 0.29) is 0 Å². The van der Waals surface area contributed by atoms with Gasteiger partial charge in [0.25, 0.3) is 0 Å². The maximum Gasteiger partial charge on any atom is 0.183 e. The number of benzene rings is 3. The zero-order valence-corrected chi connectivity index (χ0v) is 15.2. The van der Waals surface area contributed by atoms with Crippen LogP contribution < -0.4 is 5.32 Å². The first-order chi connectivity index (χ1) is 11.2. The van der Waals surface area contributed by atoms with E-state index >= 15 is 0 Å². The van der Waals surface area contributed by atoms with E-state index in [0.717, 1.165) is 21.6 Å². The summed E-state index contributed by atoms with van der Waals surface area (Å²) in [7, 11) is 0. The lowest BCUT2D eigenvalue weighted by atomic mass is 10.0. The molecule has 3 aromatic carbocycles. The average Bonchev–Trinajstić information content (AvgIpc) is 2.99. The summed E-state index contributed by atoms with van der Waals surface area (Å²) in [5.74, 6) is 0. The molecule has 0 aliphatic carbocycles. The number of hydrogen-bond acceptors (Lipinski definition) is 3. The molecule has 4 rings (SSSR count). The molecule has 0 radical (unpaired) electrons. The van der Waals surface area contributed by atoms with Crippen LogP contribution in [-0.4, -0.2) is 4.98 Å². The highest BCUT2D eigenvalue weighted by Gasteiger charge is 2.06. The lowest BCUT2D eigenvalue weighted by molar-refractivity contribution is 1.18. The SMILES string of the molecule is Clc1ncc(CNc2ccc3cc(Br)c4ccccc4c3c2)s1. The monoisotopic (exact) mass is 402 g/mol. The molecular weight excluding hydrogens is 392 g/mol. The Kier molecular flexibility index (Phi) is 3.97. The highest BCUT2D eigenvalue weighted by Crippen LogP contribution is 2.33. The first-order valence-electron chi connectivity index (χ1n) is 7.16. The molecule has 0 saturated carbocycles. The number of fused-ring (bicyclic) bond motifs is 3. The Labute approximate surface area is 151 Å². The van der Waals surface area contributed by atoms with Crippen molar-refractivity contribution in [1.82, 2.24) is 4.98 Å². The van der Waals surface area contributed by atoms with Gasteiger partial charge in [-0.15, -0.1) is 11.3 Å². The second-order valence-corrected chi connectivity index (χ2v) is 7.82. The average molecular weight is 404 g/mol. The first kappa shape index (κ1) is 14.9. The van der Waals surface area contributed by atoms with Crippen LogP contribution in [0.4, 0.5) is 5.69 Å². The lowest BCUT2D eigenvalue weighted by Crippen LogP contribution is -1.97. The number of nitrogens with zero attached hydrogens (tertiary/aromatic N) is 1. The minimum atomic E-state index is 0.580. The van der Waals surface area contributed by atoms with Crippen molar-refractivity contribution < 1.29 is 0 Å². The highest BCUT2D eigenvalue weighted by molar-refractivity contribution is 9.10. The molecule has 0 atom stereocenters. The quantitative estimate of drug-likeness (QED) is 0.396. The fraction of sp³-hybridized carbons (Fsp3) is 0.0556. The van der Waals surface area contributed by atoms with E-state index in [9.17, 15) is 0 Å². The predicted octanol–water partition coefficient (Wildman–Crippen LogP) is 6.48. The Morgan fingerprint density at radius 1 is 1.04 bits per heavy atom. The molecule has 5 heteroatoms. The molecule has 2 nitrogen and oxygen atoms in total. The Bertz CT molecular complexity index is 1010. The maximum absolute atomic E-state index is 5.88.